The topological polar surface area (TPSA) is 74.3 Å². The molecule has 0 unspecified atom stereocenters. The van der Waals surface area contributed by atoms with Gasteiger partial charge in [-0.3, -0.25) is 4.72 Å². The first-order valence-corrected chi connectivity index (χ1v) is 8.43. The van der Waals surface area contributed by atoms with Crippen LogP contribution in [0.1, 0.15) is 19.8 Å². The number of aromatic nitrogens is 1. The van der Waals surface area contributed by atoms with Crippen molar-refractivity contribution in [3.63, 3.8) is 0 Å². The van der Waals surface area contributed by atoms with E-state index in [1.807, 2.05) is 27.1 Å². The Kier molecular flexibility index (Phi) is 6.74. The summed E-state index contributed by atoms with van der Waals surface area (Å²) in [5.74, 6) is 0.469. The van der Waals surface area contributed by atoms with Crippen molar-refractivity contribution in [3.8, 4) is 0 Å². The van der Waals surface area contributed by atoms with Gasteiger partial charge in [0.1, 0.15) is 5.82 Å². The third-order valence-electron chi connectivity index (χ3n) is 2.61. The second kappa shape index (κ2) is 8.06. The summed E-state index contributed by atoms with van der Waals surface area (Å²) in [7, 11) is 0.814. The second-order valence-corrected chi connectivity index (χ2v) is 6.78. The van der Waals surface area contributed by atoms with E-state index in [0.717, 1.165) is 25.2 Å². The maximum absolute atomic E-state index is 11.6. The van der Waals surface area contributed by atoms with Gasteiger partial charge >= 0.3 is 0 Å². The van der Waals surface area contributed by atoms with Gasteiger partial charge in [-0.2, -0.15) is 0 Å². The molecule has 0 aliphatic carbocycles. The summed E-state index contributed by atoms with van der Waals surface area (Å²) in [6.07, 6.45) is 3.26. The molecule has 1 aromatic heterocycles. The molecule has 114 valence electrons. The van der Waals surface area contributed by atoms with Crippen molar-refractivity contribution in [1.82, 2.24) is 9.88 Å². The van der Waals surface area contributed by atoms with Crippen LogP contribution in [0.4, 0.5) is 11.5 Å². The van der Waals surface area contributed by atoms with Crippen LogP contribution in [-0.2, 0) is 10.0 Å². The normalized spacial score (nSPS) is 11.6. The minimum Gasteiger partial charge on any atom is -0.384 e. The van der Waals surface area contributed by atoms with Crippen LogP contribution >= 0.6 is 0 Å². The average molecular weight is 300 g/mol. The van der Waals surface area contributed by atoms with E-state index < -0.39 is 10.0 Å². The summed E-state index contributed by atoms with van der Waals surface area (Å²) in [6, 6.07) is 3.49. The Morgan fingerprint density at radius 1 is 1.30 bits per heavy atom. The number of sulfonamides is 1. The Labute approximate surface area is 121 Å². The van der Waals surface area contributed by atoms with E-state index in [2.05, 4.69) is 19.9 Å². The molecular weight excluding hydrogens is 276 g/mol. The van der Waals surface area contributed by atoms with E-state index in [4.69, 9.17) is 0 Å². The van der Waals surface area contributed by atoms with Gasteiger partial charge in [-0.05, 0) is 45.6 Å². The number of nitrogens with zero attached hydrogens (tertiary/aromatic N) is 2. The van der Waals surface area contributed by atoms with Crippen molar-refractivity contribution < 1.29 is 8.42 Å². The quantitative estimate of drug-likeness (QED) is 0.678. The van der Waals surface area contributed by atoms with Crippen molar-refractivity contribution in [3.05, 3.63) is 18.3 Å². The monoisotopic (exact) mass is 300 g/mol. The lowest BCUT2D eigenvalue weighted by molar-refractivity contribution is 0.405. The molecule has 0 aromatic carbocycles. The average Bonchev–Trinajstić information content (AvgIpc) is 2.35. The lowest BCUT2D eigenvalue weighted by Crippen LogP contribution is -2.17. The minimum absolute atomic E-state index is 0.110. The van der Waals surface area contributed by atoms with E-state index in [1.54, 1.807) is 12.3 Å². The smallest absolute Gasteiger partial charge is 0.233 e. The lowest BCUT2D eigenvalue weighted by atomic mass is 10.3. The molecule has 2 N–H and O–H groups in total. The molecule has 0 aliphatic rings. The summed E-state index contributed by atoms with van der Waals surface area (Å²) in [5.41, 5.74) is 0.891. The molecule has 0 atom stereocenters. The Hall–Kier alpha value is -1.34. The summed E-state index contributed by atoms with van der Waals surface area (Å²) >= 11 is 0. The van der Waals surface area contributed by atoms with E-state index >= 15 is 0 Å². The van der Waals surface area contributed by atoms with Crippen molar-refractivity contribution in [2.75, 3.05) is 43.0 Å². The second-order valence-electron chi connectivity index (χ2n) is 4.94. The molecule has 20 heavy (non-hydrogen) atoms. The molecule has 1 rings (SSSR count). The van der Waals surface area contributed by atoms with Gasteiger partial charge in [0.05, 0.1) is 17.6 Å². The molecule has 0 amide bonds. The van der Waals surface area contributed by atoms with Crippen molar-refractivity contribution in [1.29, 1.82) is 0 Å². The van der Waals surface area contributed by atoms with Gasteiger partial charge in [-0.25, -0.2) is 13.4 Å². The Morgan fingerprint density at radius 2 is 2.05 bits per heavy atom. The van der Waals surface area contributed by atoms with Crippen LogP contribution in [0, 0.1) is 0 Å². The molecule has 0 bridgehead atoms. The molecular formula is C13H24N4O2S. The molecule has 0 spiro atoms. The first-order valence-electron chi connectivity index (χ1n) is 6.78. The van der Waals surface area contributed by atoms with Gasteiger partial charge < -0.3 is 10.2 Å². The van der Waals surface area contributed by atoms with E-state index in [9.17, 15) is 8.42 Å². The van der Waals surface area contributed by atoms with E-state index in [-0.39, 0.29) is 5.75 Å². The third kappa shape index (κ3) is 6.72. The van der Waals surface area contributed by atoms with Crippen LogP contribution in [-0.4, -0.2) is 51.2 Å². The molecule has 0 aliphatic heterocycles. The van der Waals surface area contributed by atoms with Gasteiger partial charge in [0.2, 0.25) is 10.0 Å². The fourth-order valence-corrected chi connectivity index (χ4v) is 2.74. The molecule has 0 saturated heterocycles. The molecule has 7 heteroatoms. The highest BCUT2D eigenvalue weighted by atomic mass is 32.2. The Bertz CT molecular complexity index is 486. The number of rotatable bonds is 9. The standard InChI is InChI=1S/C13H24N4O2S/c1-4-10-20(18,19)16-13-7-6-12(11-15-13)14-8-5-9-17(2)3/h6-7,11,14H,4-5,8-10H2,1-3H3,(H,15,16). The minimum atomic E-state index is -3.27. The maximum atomic E-state index is 11.6. The zero-order chi connectivity index (χ0) is 15.0. The van der Waals surface area contributed by atoms with Crippen LogP contribution in [0.5, 0.6) is 0 Å². The van der Waals surface area contributed by atoms with Gasteiger partial charge in [0, 0.05) is 6.54 Å². The molecule has 0 radical (unpaired) electrons. The summed E-state index contributed by atoms with van der Waals surface area (Å²) in [6.45, 7) is 3.71. The molecule has 6 nitrogen and oxygen atoms in total. The van der Waals surface area contributed by atoms with Crippen molar-refractivity contribution in [2.45, 2.75) is 19.8 Å². The van der Waals surface area contributed by atoms with Crippen LogP contribution in [0.25, 0.3) is 0 Å². The zero-order valence-electron chi connectivity index (χ0n) is 12.4. The number of nitrogens with one attached hydrogen (secondary N) is 2. The van der Waals surface area contributed by atoms with Gasteiger partial charge in [0.15, 0.2) is 0 Å². The predicted molar refractivity (Wildman–Crippen MR) is 83.6 cm³/mol. The van der Waals surface area contributed by atoms with Crippen LogP contribution in [0.15, 0.2) is 18.3 Å². The van der Waals surface area contributed by atoms with Crippen molar-refractivity contribution >= 4 is 21.5 Å². The lowest BCUT2D eigenvalue weighted by Gasteiger charge is -2.11. The SMILES string of the molecule is CCCS(=O)(=O)Nc1ccc(NCCCN(C)C)cn1. The number of hydrogen-bond acceptors (Lipinski definition) is 5. The maximum Gasteiger partial charge on any atom is 0.233 e. The van der Waals surface area contributed by atoms with Gasteiger partial charge in [-0.15, -0.1) is 0 Å². The molecule has 0 fully saturated rings. The largest absolute Gasteiger partial charge is 0.384 e. The summed E-state index contributed by atoms with van der Waals surface area (Å²) in [5, 5.41) is 3.25. The predicted octanol–water partition coefficient (Wildman–Crippen LogP) is 1.60. The molecule has 1 aromatic rings. The summed E-state index contributed by atoms with van der Waals surface area (Å²) < 4.78 is 25.6. The van der Waals surface area contributed by atoms with E-state index in [1.165, 1.54) is 0 Å². The van der Waals surface area contributed by atoms with Crippen molar-refractivity contribution in [2.24, 2.45) is 0 Å². The first kappa shape index (κ1) is 16.7. The Morgan fingerprint density at radius 3 is 2.60 bits per heavy atom. The molecule has 1 heterocycles. The number of pyridine rings is 1. The van der Waals surface area contributed by atoms with E-state index in [0.29, 0.717) is 12.2 Å². The number of anilines is 2. The number of hydrogen-bond donors (Lipinski definition) is 2. The highest BCUT2D eigenvalue weighted by Crippen LogP contribution is 2.11. The first-order chi connectivity index (χ1) is 9.43. The molecule has 0 saturated carbocycles. The van der Waals surface area contributed by atoms with Crippen LogP contribution in [0.2, 0.25) is 0 Å². The highest BCUT2D eigenvalue weighted by Gasteiger charge is 2.09. The zero-order valence-corrected chi connectivity index (χ0v) is 13.2. The van der Waals surface area contributed by atoms with Crippen LogP contribution < -0.4 is 10.0 Å². The van der Waals surface area contributed by atoms with Gasteiger partial charge in [-0.1, -0.05) is 6.92 Å². The highest BCUT2D eigenvalue weighted by molar-refractivity contribution is 7.92. The Balaban J connectivity index is 2.44. The fraction of sp³-hybridized carbons (Fsp3) is 0.615. The van der Waals surface area contributed by atoms with Gasteiger partial charge in [0.25, 0.3) is 0 Å². The summed E-state index contributed by atoms with van der Waals surface area (Å²) in [4.78, 5) is 6.23. The fourth-order valence-electron chi connectivity index (χ4n) is 1.67. The van der Waals surface area contributed by atoms with Crippen LogP contribution in [0.3, 0.4) is 0 Å². The third-order valence-corrected chi connectivity index (χ3v) is 4.07.